The first-order valence-electron chi connectivity index (χ1n) is 6.59. The third-order valence-corrected chi connectivity index (χ3v) is 3.60. The van der Waals surface area contributed by atoms with Crippen LogP contribution in [0.1, 0.15) is 66.1 Å². The van der Waals surface area contributed by atoms with Crippen LogP contribution in [0.3, 0.4) is 0 Å². The molecule has 0 amide bonds. The molecule has 0 aliphatic rings. The van der Waals surface area contributed by atoms with Gasteiger partial charge >= 0.3 is 29.6 Å². The van der Waals surface area contributed by atoms with E-state index in [2.05, 4.69) is 6.92 Å². The molecule has 0 aliphatic heterocycles. The maximum Gasteiger partial charge on any atom is 1.00 e. The summed E-state index contributed by atoms with van der Waals surface area (Å²) in [6.07, 6.45) is 8.42. The number of unbranched alkanes of at least 4 members (excludes halogenated alkanes) is 6. The molecule has 0 fully saturated rings. The van der Waals surface area contributed by atoms with Crippen LogP contribution in [0.5, 0.6) is 0 Å². The molecule has 1 atom stereocenters. The molecule has 106 valence electrons. The van der Waals surface area contributed by atoms with Gasteiger partial charge in [0.05, 0.1) is 11.9 Å². The zero-order valence-electron chi connectivity index (χ0n) is 12.8. The maximum absolute atomic E-state index is 10.5. The topological polar surface area (TPSA) is 74.6 Å². The summed E-state index contributed by atoms with van der Waals surface area (Å²) in [6, 6.07) is 0. The van der Waals surface area contributed by atoms with E-state index in [1.54, 1.807) is 0 Å². The molecule has 0 aliphatic carbocycles. The first-order chi connectivity index (χ1) is 7.95. The fraction of sp³-hybridized carbons (Fsp3) is 1.00. The van der Waals surface area contributed by atoms with Gasteiger partial charge in [-0.1, -0.05) is 51.9 Å². The Kier molecular flexibility index (Phi) is 15.2. The molecule has 18 heavy (non-hydrogen) atoms. The van der Waals surface area contributed by atoms with Crippen molar-refractivity contribution >= 4 is 10.1 Å². The summed E-state index contributed by atoms with van der Waals surface area (Å²) in [5.41, 5.74) is 0. The van der Waals surface area contributed by atoms with Gasteiger partial charge in [-0.15, -0.1) is 0 Å². The largest absolute Gasteiger partial charge is 1.00 e. The third-order valence-electron chi connectivity index (χ3n) is 2.85. The predicted octanol–water partition coefficient (Wildman–Crippen LogP) is -0.118. The third kappa shape index (κ3) is 16.9. The Morgan fingerprint density at radius 2 is 1.50 bits per heavy atom. The fourth-order valence-corrected chi connectivity index (χ4v) is 2.34. The Bertz CT molecular complexity index is 273. The van der Waals surface area contributed by atoms with E-state index in [1.807, 2.05) is 0 Å². The van der Waals surface area contributed by atoms with Gasteiger partial charge in [0.1, 0.15) is 0 Å². The van der Waals surface area contributed by atoms with Crippen molar-refractivity contribution in [2.45, 2.75) is 70.8 Å². The van der Waals surface area contributed by atoms with Crippen molar-refractivity contribution in [2.75, 3.05) is 5.75 Å². The van der Waals surface area contributed by atoms with Crippen LogP contribution < -0.4 is 29.6 Å². The first kappa shape index (κ1) is 21.2. The Morgan fingerprint density at radius 3 is 2.00 bits per heavy atom. The van der Waals surface area contributed by atoms with Crippen molar-refractivity contribution in [3.05, 3.63) is 0 Å². The maximum atomic E-state index is 10.5. The van der Waals surface area contributed by atoms with Crippen LogP contribution in [0, 0.1) is 0 Å². The summed E-state index contributed by atoms with van der Waals surface area (Å²) >= 11 is 0. The minimum Gasteiger partial charge on any atom is -1.00 e. The summed E-state index contributed by atoms with van der Waals surface area (Å²) in [5.74, 6) is -0.343. The number of hydrogen-bond acceptors (Lipinski definition) is 3. The Labute approximate surface area is 135 Å². The van der Waals surface area contributed by atoms with Gasteiger partial charge in [-0.2, -0.15) is 8.42 Å². The minimum absolute atomic E-state index is 0. The number of hydrogen-bond donors (Lipinski definition) is 2. The summed E-state index contributed by atoms with van der Waals surface area (Å²) in [7, 11) is -3.92. The molecular formula is C12H27NaO4S. The Morgan fingerprint density at radius 1 is 1.00 bits per heavy atom. The van der Waals surface area contributed by atoms with E-state index in [0.29, 0.717) is 6.42 Å². The molecule has 1 unspecified atom stereocenters. The van der Waals surface area contributed by atoms with Gasteiger partial charge in [0, 0.05) is 0 Å². The average molecular weight is 290 g/mol. The molecule has 0 aromatic heterocycles. The van der Waals surface area contributed by atoms with Gasteiger partial charge in [-0.25, -0.2) is 0 Å². The first-order valence-corrected chi connectivity index (χ1v) is 8.20. The molecule has 0 aromatic rings. The Balaban J connectivity index is -0.00000128. The summed E-state index contributed by atoms with van der Waals surface area (Å²) in [5, 5.41) is 9.48. The number of aliphatic hydroxyl groups is 1. The van der Waals surface area contributed by atoms with Crippen molar-refractivity contribution in [2.24, 2.45) is 0 Å². The second-order valence-electron chi connectivity index (χ2n) is 4.64. The van der Waals surface area contributed by atoms with Crippen LogP contribution in [0.4, 0.5) is 0 Å². The van der Waals surface area contributed by atoms with Crippen LogP contribution in [0.15, 0.2) is 0 Å². The second-order valence-corrected chi connectivity index (χ2v) is 6.21. The van der Waals surface area contributed by atoms with Crippen LogP contribution in [0.2, 0.25) is 0 Å². The SMILES string of the molecule is CCCCCCCCCC(O)CCS(=O)(=O)O.[H-].[Na+]. The molecule has 2 N–H and O–H groups in total. The van der Waals surface area contributed by atoms with Crippen LogP contribution in [-0.2, 0) is 10.1 Å². The molecule has 0 spiro atoms. The summed E-state index contributed by atoms with van der Waals surface area (Å²) < 4.78 is 29.4. The van der Waals surface area contributed by atoms with E-state index in [-0.39, 0.29) is 43.2 Å². The molecule has 0 heterocycles. The van der Waals surface area contributed by atoms with Gasteiger partial charge in [-0.05, 0) is 12.8 Å². The van der Waals surface area contributed by atoms with Gasteiger partial charge in [0.2, 0.25) is 0 Å². The van der Waals surface area contributed by atoms with Gasteiger partial charge in [-0.3, -0.25) is 4.55 Å². The molecule has 0 rings (SSSR count). The summed E-state index contributed by atoms with van der Waals surface area (Å²) in [4.78, 5) is 0. The second kappa shape index (κ2) is 12.9. The smallest absolute Gasteiger partial charge is 1.00 e. The molecule has 4 nitrogen and oxygen atoms in total. The number of aliphatic hydroxyl groups excluding tert-OH is 1. The Hall–Kier alpha value is 0.870. The average Bonchev–Trinajstić information content (AvgIpc) is 2.24. The van der Waals surface area contributed by atoms with Crippen molar-refractivity contribution in [3.63, 3.8) is 0 Å². The molecule has 0 bridgehead atoms. The quantitative estimate of drug-likeness (QED) is 0.316. The van der Waals surface area contributed by atoms with Crippen LogP contribution in [-0.4, -0.2) is 29.9 Å². The molecule has 0 radical (unpaired) electrons. The van der Waals surface area contributed by atoms with Crippen LogP contribution >= 0.6 is 0 Å². The van der Waals surface area contributed by atoms with Crippen molar-refractivity contribution < 1.29 is 49.1 Å². The molecular weight excluding hydrogens is 263 g/mol. The predicted molar refractivity (Wildman–Crippen MR) is 70.8 cm³/mol. The van der Waals surface area contributed by atoms with E-state index in [9.17, 15) is 13.5 Å². The van der Waals surface area contributed by atoms with E-state index >= 15 is 0 Å². The standard InChI is InChI=1S/C12H26O4S.Na.H/c1-2-3-4-5-6-7-8-9-12(13)10-11-17(14,15)16;;/h12-13H,2-11H2,1H3,(H,14,15,16);;/q;+1;-1. The van der Waals surface area contributed by atoms with Crippen LogP contribution in [0.25, 0.3) is 0 Å². The van der Waals surface area contributed by atoms with Crippen molar-refractivity contribution in [1.82, 2.24) is 0 Å². The minimum atomic E-state index is -3.92. The van der Waals surface area contributed by atoms with E-state index in [0.717, 1.165) is 12.8 Å². The van der Waals surface area contributed by atoms with E-state index in [4.69, 9.17) is 4.55 Å². The van der Waals surface area contributed by atoms with Crippen molar-refractivity contribution in [1.29, 1.82) is 0 Å². The van der Waals surface area contributed by atoms with E-state index in [1.165, 1.54) is 32.1 Å². The molecule has 0 saturated carbocycles. The van der Waals surface area contributed by atoms with Gasteiger partial charge in [0.15, 0.2) is 0 Å². The molecule has 0 aromatic carbocycles. The monoisotopic (exact) mass is 290 g/mol. The van der Waals surface area contributed by atoms with Gasteiger partial charge < -0.3 is 6.53 Å². The molecule has 0 saturated heterocycles. The molecule has 6 heteroatoms. The van der Waals surface area contributed by atoms with Crippen molar-refractivity contribution in [3.8, 4) is 0 Å². The zero-order valence-corrected chi connectivity index (χ0v) is 14.6. The summed E-state index contributed by atoms with van der Waals surface area (Å²) in [6.45, 7) is 2.19. The van der Waals surface area contributed by atoms with E-state index < -0.39 is 16.2 Å². The van der Waals surface area contributed by atoms with Gasteiger partial charge in [0.25, 0.3) is 10.1 Å². The normalized spacial score (nSPS) is 13.1. The zero-order chi connectivity index (χ0) is 13.1. The number of rotatable bonds is 11. The fourth-order valence-electron chi connectivity index (χ4n) is 1.77.